The van der Waals surface area contributed by atoms with Crippen molar-refractivity contribution < 1.29 is 13.2 Å². The quantitative estimate of drug-likeness (QED) is 0.586. The summed E-state index contributed by atoms with van der Waals surface area (Å²) in [4.78, 5) is 17.2. The molecule has 32 heavy (non-hydrogen) atoms. The van der Waals surface area contributed by atoms with E-state index in [0.29, 0.717) is 13.1 Å². The number of nitrogens with one attached hydrogen (secondary N) is 2. The molecule has 2 aromatic rings. The normalized spacial score (nSPS) is 17.4. The van der Waals surface area contributed by atoms with Gasteiger partial charge in [-0.15, -0.1) is 0 Å². The van der Waals surface area contributed by atoms with Gasteiger partial charge >= 0.3 is 0 Å². The maximum absolute atomic E-state index is 12.7. The predicted molar refractivity (Wildman–Crippen MR) is 127 cm³/mol. The van der Waals surface area contributed by atoms with Gasteiger partial charge in [-0.3, -0.25) is 9.69 Å². The standard InChI is InChI=1S/C22H26Cl2N4O3S/c23-19-15-20(24)21(32(30,31)26-16-6-7-16)14-18(19)22(29)25-8-9-27-10-12-28(13-11-27)17-4-2-1-3-5-17/h1-5,14-16,26H,6-13H2,(H,25,29). The number of carbonyl (C=O) groups is 1. The largest absolute Gasteiger partial charge is 0.369 e. The van der Waals surface area contributed by atoms with E-state index in [9.17, 15) is 13.2 Å². The Morgan fingerprint density at radius 2 is 1.69 bits per heavy atom. The molecule has 0 atom stereocenters. The van der Waals surface area contributed by atoms with E-state index in [1.165, 1.54) is 17.8 Å². The number of sulfonamides is 1. The zero-order valence-corrected chi connectivity index (χ0v) is 19.9. The highest BCUT2D eigenvalue weighted by Crippen LogP contribution is 2.30. The van der Waals surface area contributed by atoms with Crippen molar-refractivity contribution in [2.45, 2.75) is 23.8 Å². The molecule has 1 saturated heterocycles. The zero-order chi connectivity index (χ0) is 22.7. The van der Waals surface area contributed by atoms with E-state index < -0.39 is 15.9 Å². The maximum Gasteiger partial charge on any atom is 0.252 e. The van der Waals surface area contributed by atoms with Crippen LogP contribution in [0.25, 0.3) is 0 Å². The van der Waals surface area contributed by atoms with Gasteiger partial charge in [0.05, 0.1) is 15.6 Å². The summed E-state index contributed by atoms with van der Waals surface area (Å²) in [5.74, 6) is -0.419. The molecule has 10 heteroatoms. The number of piperazine rings is 1. The Hall–Kier alpha value is -1.84. The average molecular weight is 497 g/mol. The summed E-state index contributed by atoms with van der Waals surface area (Å²) in [7, 11) is -3.80. The van der Waals surface area contributed by atoms with Crippen LogP contribution >= 0.6 is 23.2 Å². The van der Waals surface area contributed by atoms with Crippen LogP contribution < -0.4 is 14.9 Å². The molecule has 0 unspecified atom stereocenters. The third-order valence-corrected chi connectivity index (χ3v) is 7.96. The summed E-state index contributed by atoms with van der Waals surface area (Å²) in [6, 6.07) is 12.8. The number of amides is 1. The first-order chi connectivity index (χ1) is 15.3. The molecule has 7 nitrogen and oxygen atoms in total. The van der Waals surface area contributed by atoms with Gasteiger partial charge in [0, 0.05) is 51.0 Å². The van der Waals surface area contributed by atoms with E-state index in [2.05, 4.69) is 32.0 Å². The van der Waals surface area contributed by atoms with Crippen molar-refractivity contribution in [3.63, 3.8) is 0 Å². The lowest BCUT2D eigenvalue weighted by molar-refractivity contribution is 0.0947. The number of nitrogens with zero attached hydrogens (tertiary/aromatic N) is 2. The lowest BCUT2D eigenvalue weighted by Gasteiger charge is -2.36. The maximum atomic E-state index is 12.7. The Balaban J connectivity index is 1.31. The molecular weight excluding hydrogens is 471 g/mol. The van der Waals surface area contributed by atoms with Crippen LogP contribution in [0.5, 0.6) is 0 Å². The van der Waals surface area contributed by atoms with Crippen LogP contribution in [-0.4, -0.2) is 64.5 Å². The number of halogens is 2. The Kier molecular flexibility index (Phi) is 7.27. The van der Waals surface area contributed by atoms with Gasteiger partial charge in [-0.25, -0.2) is 13.1 Å². The summed E-state index contributed by atoms with van der Waals surface area (Å²) >= 11 is 12.3. The number of carbonyl (C=O) groups excluding carboxylic acids is 1. The number of benzene rings is 2. The Labute approximate surface area is 198 Å². The minimum absolute atomic E-state index is 0.00372. The van der Waals surface area contributed by atoms with Crippen molar-refractivity contribution in [1.29, 1.82) is 0 Å². The highest BCUT2D eigenvalue weighted by molar-refractivity contribution is 7.89. The molecule has 0 radical (unpaired) electrons. The van der Waals surface area contributed by atoms with E-state index >= 15 is 0 Å². The van der Waals surface area contributed by atoms with Crippen LogP contribution in [0, 0.1) is 0 Å². The van der Waals surface area contributed by atoms with Gasteiger partial charge in [0.15, 0.2) is 0 Å². The molecule has 1 saturated carbocycles. The van der Waals surface area contributed by atoms with Gasteiger partial charge in [-0.05, 0) is 37.1 Å². The van der Waals surface area contributed by atoms with Crippen LogP contribution in [0.4, 0.5) is 5.69 Å². The number of anilines is 1. The summed E-state index contributed by atoms with van der Waals surface area (Å²) in [5, 5.41) is 2.96. The molecule has 4 rings (SSSR count). The number of hydrogen-bond donors (Lipinski definition) is 2. The molecule has 0 bridgehead atoms. The smallest absolute Gasteiger partial charge is 0.252 e. The van der Waals surface area contributed by atoms with Crippen molar-refractivity contribution in [3.8, 4) is 0 Å². The second-order valence-electron chi connectivity index (χ2n) is 8.08. The van der Waals surface area contributed by atoms with E-state index in [1.807, 2.05) is 18.2 Å². The van der Waals surface area contributed by atoms with Gasteiger partial charge in [-0.1, -0.05) is 41.4 Å². The van der Waals surface area contributed by atoms with Crippen molar-refractivity contribution in [1.82, 2.24) is 14.9 Å². The summed E-state index contributed by atoms with van der Waals surface area (Å²) < 4.78 is 27.7. The Bertz CT molecular complexity index is 1070. The molecule has 1 aliphatic carbocycles. The van der Waals surface area contributed by atoms with Crippen LogP contribution in [0.1, 0.15) is 23.2 Å². The fourth-order valence-electron chi connectivity index (χ4n) is 3.68. The molecule has 2 N–H and O–H groups in total. The topological polar surface area (TPSA) is 81.8 Å². The molecule has 172 valence electrons. The van der Waals surface area contributed by atoms with E-state index in [4.69, 9.17) is 23.2 Å². The summed E-state index contributed by atoms with van der Waals surface area (Å²) in [6.07, 6.45) is 1.61. The highest BCUT2D eigenvalue weighted by Gasteiger charge is 2.30. The Morgan fingerprint density at radius 1 is 1.00 bits per heavy atom. The third kappa shape index (κ3) is 5.74. The first kappa shape index (κ1) is 23.3. The summed E-state index contributed by atoms with van der Waals surface area (Å²) in [6.45, 7) is 4.80. The molecule has 1 amide bonds. The van der Waals surface area contributed by atoms with E-state index in [0.717, 1.165) is 39.0 Å². The van der Waals surface area contributed by atoms with Crippen molar-refractivity contribution in [2.75, 3.05) is 44.2 Å². The van der Waals surface area contributed by atoms with Crippen LogP contribution in [0.2, 0.25) is 10.0 Å². The van der Waals surface area contributed by atoms with Crippen molar-refractivity contribution in [3.05, 3.63) is 58.1 Å². The minimum Gasteiger partial charge on any atom is -0.369 e. The number of hydrogen-bond acceptors (Lipinski definition) is 5. The highest BCUT2D eigenvalue weighted by atomic mass is 35.5. The Morgan fingerprint density at radius 3 is 2.34 bits per heavy atom. The molecular formula is C22H26Cl2N4O3S. The average Bonchev–Trinajstić information content (AvgIpc) is 3.58. The third-order valence-electron chi connectivity index (χ3n) is 5.66. The monoisotopic (exact) mass is 496 g/mol. The molecule has 1 aliphatic heterocycles. The van der Waals surface area contributed by atoms with E-state index in [-0.39, 0.29) is 26.5 Å². The zero-order valence-electron chi connectivity index (χ0n) is 17.6. The number of para-hydroxylation sites is 1. The molecule has 2 fully saturated rings. The van der Waals surface area contributed by atoms with Gasteiger partial charge in [0.1, 0.15) is 4.90 Å². The van der Waals surface area contributed by atoms with Crippen LogP contribution in [0.3, 0.4) is 0 Å². The first-order valence-electron chi connectivity index (χ1n) is 10.7. The lowest BCUT2D eigenvalue weighted by atomic mass is 10.2. The molecule has 0 aromatic heterocycles. The van der Waals surface area contributed by atoms with Crippen molar-refractivity contribution >= 4 is 44.8 Å². The van der Waals surface area contributed by atoms with Gasteiger partial charge in [-0.2, -0.15) is 0 Å². The van der Waals surface area contributed by atoms with Gasteiger partial charge in [0.2, 0.25) is 10.0 Å². The predicted octanol–water partition coefficient (Wildman–Crippen LogP) is 2.99. The summed E-state index contributed by atoms with van der Waals surface area (Å²) in [5.41, 5.74) is 1.32. The second-order valence-corrected chi connectivity index (χ2v) is 10.6. The number of rotatable bonds is 8. The fourth-order valence-corrected chi connectivity index (χ4v) is 5.85. The molecule has 0 spiro atoms. The lowest BCUT2D eigenvalue weighted by Crippen LogP contribution is -2.48. The molecule has 2 aliphatic rings. The SMILES string of the molecule is O=C(NCCN1CCN(c2ccccc2)CC1)c1cc(S(=O)(=O)NC2CC2)c(Cl)cc1Cl. The molecule has 2 aromatic carbocycles. The van der Waals surface area contributed by atoms with Crippen molar-refractivity contribution in [2.24, 2.45) is 0 Å². The fraction of sp³-hybridized carbons (Fsp3) is 0.409. The van der Waals surface area contributed by atoms with Crippen LogP contribution in [0.15, 0.2) is 47.4 Å². The minimum atomic E-state index is -3.80. The van der Waals surface area contributed by atoms with Gasteiger partial charge < -0.3 is 10.2 Å². The first-order valence-corrected chi connectivity index (χ1v) is 12.9. The van der Waals surface area contributed by atoms with E-state index in [1.54, 1.807) is 0 Å². The van der Waals surface area contributed by atoms with Gasteiger partial charge in [0.25, 0.3) is 5.91 Å². The second kappa shape index (κ2) is 9.97. The van der Waals surface area contributed by atoms with Crippen LogP contribution in [-0.2, 0) is 10.0 Å². The molecule has 1 heterocycles.